The van der Waals surface area contributed by atoms with Crippen LogP contribution >= 0.6 is 0 Å². The van der Waals surface area contributed by atoms with Gasteiger partial charge in [0.2, 0.25) is 0 Å². The molecule has 5 nitrogen and oxygen atoms in total. The molecule has 5 heteroatoms. The Bertz CT molecular complexity index is 711. The van der Waals surface area contributed by atoms with Crippen molar-refractivity contribution in [3.8, 4) is 6.07 Å². The molecule has 1 amide bonds. The van der Waals surface area contributed by atoms with Crippen molar-refractivity contribution < 1.29 is 14.7 Å². The van der Waals surface area contributed by atoms with Crippen molar-refractivity contribution in [2.45, 2.75) is 39.7 Å². The predicted molar refractivity (Wildman–Crippen MR) is 94.4 cm³/mol. The van der Waals surface area contributed by atoms with E-state index in [-0.39, 0.29) is 23.6 Å². The summed E-state index contributed by atoms with van der Waals surface area (Å²) in [6.45, 7) is 5.88. The zero-order valence-corrected chi connectivity index (χ0v) is 14.9. The van der Waals surface area contributed by atoms with E-state index in [0.29, 0.717) is 12.8 Å². The summed E-state index contributed by atoms with van der Waals surface area (Å²) >= 11 is 0. The second-order valence-electron chi connectivity index (χ2n) is 7.53. The maximum Gasteiger partial charge on any atom is 0.308 e. The highest BCUT2D eigenvalue weighted by Gasteiger charge is 2.36. The largest absolute Gasteiger partial charge is 0.481 e. The Morgan fingerprint density at radius 3 is 2.40 bits per heavy atom. The molecule has 1 saturated heterocycles. The number of piperidine rings is 1. The van der Waals surface area contributed by atoms with Gasteiger partial charge >= 0.3 is 5.97 Å². The van der Waals surface area contributed by atoms with Gasteiger partial charge in [0.25, 0.3) is 5.91 Å². The Kier molecular flexibility index (Phi) is 5.63. The van der Waals surface area contributed by atoms with Crippen molar-refractivity contribution in [3.05, 3.63) is 47.5 Å². The number of rotatable bonds is 3. The molecule has 0 saturated carbocycles. The Morgan fingerprint density at radius 1 is 1.24 bits per heavy atom. The molecule has 1 heterocycles. The molecule has 0 bridgehead atoms. The molecular formula is C20H24N2O3. The van der Waals surface area contributed by atoms with Crippen molar-refractivity contribution in [2.24, 2.45) is 11.3 Å². The minimum Gasteiger partial charge on any atom is -0.481 e. The highest BCUT2D eigenvalue weighted by Crippen LogP contribution is 2.35. The first-order chi connectivity index (χ1) is 11.7. The third kappa shape index (κ3) is 4.69. The first-order valence-corrected chi connectivity index (χ1v) is 8.44. The van der Waals surface area contributed by atoms with Crippen molar-refractivity contribution in [1.29, 1.82) is 5.26 Å². The van der Waals surface area contributed by atoms with Gasteiger partial charge in [-0.25, -0.2) is 0 Å². The number of carbonyl (C=O) groups is 2. The first kappa shape index (κ1) is 18.7. The highest BCUT2D eigenvalue weighted by atomic mass is 16.4. The summed E-state index contributed by atoms with van der Waals surface area (Å²) in [7, 11) is 0. The number of amides is 1. The molecule has 25 heavy (non-hydrogen) atoms. The van der Waals surface area contributed by atoms with Gasteiger partial charge in [0, 0.05) is 6.54 Å². The van der Waals surface area contributed by atoms with Crippen LogP contribution in [0.15, 0.2) is 42.0 Å². The zero-order valence-electron chi connectivity index (χ0n) is 14.9. The second kappa shape index (κ2) is 7.52. The van der Waals surface area contributed by atoms with Crippen LogP contribution < -0.4 is 0 Å². The summed E-state index contributed by atoms with van der Waals surface area (Å²) in [4.78, 5) is 26.0. The monoisotopic (exact) mass is 340 g/mol. The van der Waals surface area contributed by atoms with E-state index < -0.39 is 17.8 Å². The van der Waals surface area contributed by atoms with E-state index in [4.69, 9.17) is 0 Å². The third-order valence-electron chi connectivity index (χ3n) is 4.30. The van der Waals surface area contributed by atoms with Gasteiger partial charge in [-0.05, 0) is 23.8 Å². The number of likely N-dealkylation sites (tertiary alicyclic amines) is 1. The minimum atomic E-state index is -0.900. The van der Waals surface area contributed by atoms with E-state index in [1.807, 2.05) is 57.2 Å². The average molecular weight is 340 g/mol. The predicted octanol–water partition coefficient (Wildman–Crippen LogP) is 3.55. The Labute approximate surface area is 148 Å². The molecule has 0 radical (unpaired) electrons. The molecule has 2 atom stereocenters. The number of allylic oxidation sites excluding steroid dienone is 1. The SMILES string of the molecule is CC(C)(C)/C=C(/C#N)C(=O)N1CC(C(=O)O)CCC1c1ccccc1. The summed E-state index contributed by atoms with van der Waals surface area (Å²) in [6, 6.07) is 11.4. The number of hydrogen-bond donors (Lipinski definition) is 1. The van der Waals surface area contributed by atoms with Gasteiger partial charge in [-0.3, -0.25) is 9.59 Å². The lowest BCUT2D eigenvalue weighted by Gasteiger charge is -2.38. The van der Waals surface area contributed by atoms with Gasteiger partial charge in [0.15, 0.2) is 0 Å². The van der Waals surface area contributed by atoms with Crippen LogP contribution in [-0.2, 0) is 9.59 Å². The lowest BCUT2D eigenvalue weighted by Crippen LogP contribution is -2.45. The molecule has 132 valence electrons. The standard InChI is InChI=1S/C20H24N2O3/c1-20(2,3)11-16(12-21)18(23)22-13-15(19(24)25)9-10-17(22)14-7-5-4-6-8-14/h4-8,11,15,17H,9-10,13H2,1-3H3,(H,24,25)/b16-11-. The third-order valence-corrected chi connectivity index (χ3v) is 4.30. The van der Waals surface area contributed by atoms with Crippen LogP contribution in [0, 0.1) is 22.7 Å². The highest BCUT2D eigenvalue weighted by molar-refractivity contribution is 5.98. The Hall–Kier alpha value is -2.61. The van der Waals surface area contributed by atoms with Crippen LogP contribution in [0.4, 0.5) is 0 Å². The van der Waals surface area contributed by atoms with Crippen molar-refractivity contribution in [1.82, 2.24) is 4.90 Å². The quantitative estimate of drug-likeness (QED) is 0.674. The van der Waals surface area contributed by atoms with Gasteiger partial charge in [-0.2, -0.15) is 5.26 Å². The average Bonchev–Trinajstić information content (AvgIpc) is 2.58. The van der Waals surface area contributed by atoms with E-state index >= 15 is 0 Å². The summed E-state index contributed by atoms with van der Waals surface area (Å²) in [5, 5.41) is 18.8. The van der Waals surface area contributed by atoms with Crippen LogP contribution in [0.5, 0.6) is 0 Å². The number of hydrogen-bond acceptors (Lipinski definition) is 3. The number of benzene rings is 1. The van der Waals surface area contributed by atoms with E-state index in [9.17, 15) is 20.0 Å². The fourth-order valence-electron chi connectivity index (χ4n) is 3.15. The fourth-order valence-corrected chi connectivity index (χ4v) is 3.15. The smallest absolute Gasteiger partial charge is 0.308 e. The van der Waals surface area contributed by atoms with E-state index in [1.165, 1.54) is 0 Å². The number of aliphatic carboxylic acids is 1. The molecule has 1 fully saturated rings. The maximum absolute atomic E-state index is 13.0. The van der Waals surface area contributed by atoms with E-state index in [1.54, 1.807) is 11.0 Å². The van der Waals surface area contributed by atoms with Crippen molar-refractivity contribution >= 4 is 11.9 Å². The molecule has 1 aliphatic heterocycles. The molecule has 1 aromatic rings. The van der Waals surface area contributed by atoms with Gasteiger partial charge in [0.05, 0.1) is 12.0 Å². The fraction of sp³-hybridized carbons (Fsp3) is 0.450. The number of carbonyl (C=O) groups excluding carboxylic acids is 1. The topological polar surface area (TPSA) is 81.4 Å². The Balaban J connectivity index is 2.39. The van der Waals surface area contributed by atoms with Gasteiger partial charge in [-0.15, -0.1) is 0 Å². The summed E-state index contributed by atoms with van der Waals surface area (Å²) < 4.78 is 0. The summed E-state index contributed by atoms with van der Waals surface area (Å²) in [6.07, 6.45) is 2.74. The lowest BCUT2D eigenvalue weighted by atomic mass is 9.87. The van der Waals surface area contributed by atoms with E-state index in [0.717, 1.165) is 5.56 Å². The van der Waals surface area contributed by atoms with Gasteiger partial charge in [-0.1, -0.05) is 57.2 Å². The normalized spacial score (nSPS) is 21.5. The number of carboxylic acids is 1. The molecule has 1 aromatic carbocycles. The summed E-state index contributed by atoms with van der Waals surface area (Å²) in [5.74, 6) is -1.89. The number of carboxylic acid groups (broad SMARTS) is 1. The van der Waals surface area contributed by atoms with Gasteiger partial charge in [0.1, 0.15) is 11.6 Å². The van der Waals surface area contributed by atoms with Crippen LogP contribution in [-0.4, -0.2) is 28.4 Å². The van der Waals surface area contributed by atoms with Crippen LogP contribution in [0.25, 0.3) is 0 Å². The minimum absolute atomic E-state index is 0.0690. The maximum atomic E-state index is 13.0. The molecule has 1 aliphatic rings. The summed E-state index contributed by atoms with van der Waals surface area (Å²) in [5.41, 5.74) is 0.720. The molecule has 1 N–H and O–H groups in total. The number of nitrogens with zero attached hydrogens (tertiary/aromatic N) is 2. The second-order valence-corrected chi connectivity index (χ2v) is 7.53. The Morgan fingerprint density at radius 2 is 1.88 bits per heavy atom. The first-order valence-electron chi connectivity index (χ1n) is 8.44. The molecule has 0 aliphatic carbocycles. The van der Waals surface area contributed by atoms with Crippen molar-refractivity contribution in [2.75, 3.05) is 6.54 Å². The van der Waals surface area contributed by atoms with Crippen LogP contribution in [0.2, 0.25) is 0 Å². The van der Waals surface area contributed by atoms with Crippen molar-refractivity contribution in [3.63, 3.8) is 0 Å². The molecular weight excluding hydrogens is 316 g/mol. The molecule has 2 unspecified atom stereocenters. The van der Waals surface area contributed by atoms with Gasteiger partial charge < -0.3 is 10.0 Å². The van der Waals surface area contributed by atoms with Crippen LogP contribution in [0.1, 0.15) is 45.2 Å². The van der Waals surface area contributed by atoms with Crippen LogP contribution in [0.3, 0.4) is 0 Å². The lowest BCUT2D eigenvalue weighted by molar-refractivity contribution is -0.146. The molecule has 0 spiro atoms. The molecule has 2 rings (SSSR count). The van der Waals surface area contributed by atoms with E-state index in [2.05, 4.69) is 0 Å². The molecule has 0 aromatic heterocycles. The number of nitriles is 1. The zero-order chi connectivity index (χ0) is 18.6.